The number of anilines is 1. The summed E-state index contributed by atoms with van der Waals surface area (Å²) >= 11 is 0. The quantitative estimate of drug-likeness (QED) is 0.841. The summed E-state index contributed by atoms with van der Waals surface area (Å²) in [5, 5.41) is 8.22. The maximum Gasteiger partial charge on any atom is 0.270 e. The molecule has 1 fully saturated rings. The summed E-state index contributed by atoms with van der Waals surface area (Å²) in [4.78, 5) is 38.4. The van der Waals surface area contributed by atoms with E-state index in [-0.39, 0.29) is 30.4 Å². The molecule has 3 heterocycles. The highest BCUT2D eigenvalue weighted by Gasteiger charge is 2.31. The first-order chi connectivity index (χ1) is 13.5. The fourth-order valence-electron chi connectivity index (χ4n) is 3.57. The summed E-state index contributed by atoms with van der Waals surface area (Å²) in [5.74, 6) is 0.834. The molecule has 0 saturated carbocycles. The van der Waals surface area contributed by atoms with E-state index in [1.807, 2.05) is 0 Å². The average Bonchev–Trinajstić information content (AvgIpc) is 3.17. The van der Waals surface area contributed by atoms with Gasteiger partial charge in [0.25, 0.3) is 5.91 Å². The lowest BCUT2D eigenvalue weighted by atomic mass is 9.95. The third-order valence-corrected chi connectivity index (χ3v) is 5.25. The average molecular weight is 386 g/mol. The van der Waals surface area contributed by atoms with Gasteiger partial charge in [-0.05, 0) is 25.0 Å². The van der Waals surface area contributed by atoms with Gasteiger partial charge >= 0.3 is 0 Å². The molecule has 3 aliphatic heterocycles. The predicted molar refractivity (Wildman–Crippen MR) is 99.9 cm³/mol. The smallest absolute Gasteiger partial charge is 0.270 e. The zero-order valence-corrected chi connectivity index (χ0v) is 15.6. The van der Waals surface area contributed by atoms with Crippen molar-refractivity contribution in [3.63, 3.8) is 0 Å². The first-order valence-electron chi connectivity index (χ1n) is 9.35. The monoisotopic (exact) mass is 386 g/mol. The second-order valence-electron chi connectivity index (χ2n) is 7.09. The standard InChI is InChI=1S/C19H22N4O5/c1-22-17(24)5-3-14(21-22)19(26)23-8-6-12(7-9-23)18(25)20-13-2-4-15-16(10-13)28-11-27-15/h2,4,10,12H,3,5-9,11H2,1H3,(H,20,25). The van der Waals surface area contributed by atoms with Crippen LogP contribution in [0.2, 0.25) is 0 Å². The summed E-state index contributed by atoms with van der Waals surface area (Å²) in [6.45, 7) is 1.18. The number of carbonyl (C=O) groups excluding carboxylic acids is 3. The van der Waals surface area contributed by atoms with E-state index in [1.54, 1.807) is 30.1 Å². The zero-order chi connectivity index (χ0) is 19.7. The number of rotatable bonds is 3. The van der Waals surface area contributed by atoms with Crippen molar-refractivity contribution in [3.05, 3.63) is 18.2 Å². The maximum absolute atomic E-state index is 12.6. The minimum atomic E-state index is -0.160. The van der Waals surface area contributed by atoms with Crippen molar-refractivity contribution in [2.45, 2.75) is 25.7 Å². The molecule has 9 nitrogen and oxygen atoms in total. The molecule has 1 aromatic rings. The van der Waals surface area contributed by atoms with Crippen LogP contribution in [0.3, 0.4) is 0 Å². The molecule has 0 radical (unpaired) electrons. The van der Waals surface area contributed by atoms with E-state index in [0.29, 0.717) is 61.7 Å². The second kappa shape index (κ2) is 7.49. The number of fused-ring (bicyclic) bond motifs is 1. The molecule has 0 unspecified atom stereocenters. The Labute approximate surface area is 162 Å². The zero-order valence-electron chi connectivity index (χ0n) is 15.6. The number of hydrogen-bond donors (Lipinski definition) is 1. The Morgan fingerprint density at radius 1 is 1.14 bits per heavy atom. The summed E-state index contributed by atoms with van der Waals surface area (Å²) in [7, 11) is 1.56. The Morgan fingerprint density at radius 2 is 1.89 bits per heavy atom. The normalized spacial score (nSPS) is 19.5. The van der Waals surface area contributed by atoms with Crippen molar-refractivity contribution in [2.75, 3.05) is 32.2 Å². The van der Waals surface area contributed by atoms with Gasteiger partial charge in [0.15, 0.2) is 11.5 Å². The molecule has 1 aromatic carbocycles. The molecule has 1 saturated heterocycles. The van der Waals surface area contributed by atoms with E-state index in [4.69, 9.17) is 9.47 Å². The topological polar surface area (TPSA) is 101 Å². The summed E-state index contributed by atoms with van der Waals surface area (Å²) < 4.78 is 10.6. The Kier molecular flexibility index (Phi) is 4.89. The van der Waals surface area contributed by atoms with Crippen LogP contribution in [0.25, 0.3) is 0 Å². The fourth-order valence-corrected chi connectivity index (χ4v) is 3.57. The lowest BCUT2D eigenvalue weighted by molar-refractivity contribution is -0.131. The van der Waals surface area contributed by atoms with Crippen molar-refractivity contribution in [1.29, 1.82) is 0 Å². The molecule has 28 heavy (non-hydrogen) atoms. The van der Waals surface area contributed by atoms with E-state index in [9.17, 15) is 14.4 Å². The first kappa shape index (κ1) is 18.3. The molecule has 1 N–H and O–H groups in total. The molecule has 0 bridgehead atoms. The van der Waals surface area contributed by atoms with E-state index >= 15 is 0 Å². The molecule has 0 aromatic heterocycles. The Morgan fingerprint density at radius 3 is 2.64 bits per heavy atom. The molecule has 148 valence electrons. The highest BCUT2D eigenvalue weighted by Crippen LogP contribution is 2.34. The van der Waals surface area contributed by atoms with Gasteiger partial charge in [0.05, 0.1) is 0 Å². The van der Waals surface area contributed by atoms with Gasteiger partial charge in [-0.3, -0.25) is 14.4 Å². The van der Waals surface area contributed by atoms with Crippen LogP contribution in [0.15, 0.2) is 23.3 Å². The SMILES string of the molecule is CN1N=C(C(=O)N2CCC(C(=O)Nc3ccc4c(c3)OCO4)CC2)CCC1=O. The Bertz CT molecular complexity index is 845. The van der Waals surface area contributed by atoms with Gasteiger partial charge < -0.3 is 19.7 Å². The van der Waals surface area contributed by atoms with Crippen LogP contribution in [0, 0.1) is 5.92 Å². The van der Waals surface area contributed by atoms with Gasteiger partial charge in [-0.15, -0.1) is 0 Å². The van der Waals surface area contributed by atoms with E-state index < -0.39 is 0 Å². The number of amides is 3. The molecule has 3 amide bonds. The van der Waals surface area contributed by atoms with E-state index in [2.05, 4.69) is 10.4 Å². The fraction of sp³-hybridized carbons (Fsp3) is 0.474. The van der Waals surface area contributed by atoms with Crippen LogP contribution in [-0.4, -0.2) is 60.3 Å². The molecule has 3 aliphatic rings. The highest BCUT2D eigenvalue weighted by molar-refractivity contribution is 6.39. The van der Waals surface area contributed by atoms with Gasteiger partial charge in [-0.1, -0.05) is 0 Å². The minimum Gasteiger partial charge on any atom is -0.454 e. The minimum absolute atomic E-state index is 0.0636. The van der Waals surface area contributed by atoms with Gasteiger partial charge in [-0.25, -0.2) is 5.01 Å². The molecular weight excluding hydrogens is 364 g/mol. The van der Waals surface area contributed by atoms with Crippen molar-refractivity contribution in [1.82, 2.24) is 9.91 Å². The summed E-state index contributed by atoms with van der Waals surface area (Å²) in [5.41, 5.74) is 1.07. The van der Waals surface area contributed by atoms with Crippen LogP contribution in [-0.2, 0) is 14.4 Å². The van der Waals surface area contributed by atoms with Gasteiger partial charge in [0.1, 0.15) is 5.71 Å². The Balaban J connectivity index is 1.31. The number of piperidine rings is 1. The van der Waals surface area contributed by atoms with Crippen molar-refractivity contribution in [2.24, 2.45) is 11.0 Å². The number of nitrogens with zero attached hydrogens (tertiary/aromatic N) is 3. The van der Waals surface area contributed by atoms with Crippen molar-refractivity contribution >= 4 is 29.1 Å². The van der Waals surface area contributed by atoms with E-state index in [1.165, 1.54) is 5.01 Å². The number of carbonyl (C=O) groups is 3. The number of hydrazone groups is 1. The van der Waals surface area contributed by atoms with Crippen molar-refractivity contribution in [3.8, 4) is 11.5 Å². The number of likely N-dealkylation sites (tertiary alicyclic amines) is 1. The summed E-state index contributed by atoms with van der Waals surface area (Å²) in [6.07, 6.45) is 1.84. The molecule has 4 rings (SSSR count). The number of hydrogen-bond acceptors (Lipinski definition) is 6. The molecule has 0 atom stereocenters. The van der Waals surface area contributed by atoms with Gasteiger partial charge in [-0.2, -0.15) is 5.10 Å². The largest absolute Gasteiger partial charge is 0.454 e. The number of nitrogens with one attached hydrogen (secondary N) is 1. The van der Waals surface area contributed by atoms with E-state index in [0.717, 1.165) is 0 Å². The molecule has 0 spiro atoms. The lowest BCUT2D eigenvalue weighted by Gasteiger charge is -2.32. The van der Waals surface area contributed by atoms with Crippen LogP contribution in [0.1, 0.15) is 25.7 Å². The summed E-state index contributed by atoms with van der Waals surface area (Å²) in [6, 6.07) is 5.30. The Hall–Kier alpha value is -3.10. The predicted octanol–water partition coefficient (Wildman–Crippen LogP) is 1.20. The van der Waals surface area contributed by atoms with Crippen molar-refractivity contribution < 1.29 is 23.9 Å². The third kappa shape index (κ3) is 3.64. The highest BCUT2D eigenvalue weighted by atomic mass is 16.7. The van der Waals surface area contributed by atoms with Crippen LogP contribution >= 0.6 is 0 Å². The lowest BCUT2D eigenvalue weighted by Crippen LogP contribution is -2.45. The molecule has 9 heteroatoms. The second-order valence-corrected chi connectivity index (χ2v) is 7.09. The third-order valence-electron chi connectivity index (χ3n) is 5.25. The van der Waals surface area contributed by atoms with Crippen LogP contribution in [0.5, 0.6) is 11.5 Å². The number of ether oxygens (including phenoxy) is 2. The van der Waals surface area contributed by atoms with Crippen LogP contribution in [0.4, 0.5) is 5.69 Å². The van der Waals surface area contributed by atoms with Gasteiger partial charge in [0.2, 0.25) is 18.6 Å². The van der Waals surface area contributed by atoms with Gasteiger partial charge in [0, 0.05) is 50.7 Å². The van der Waals surface area contributed by atoms with Crippen LogP contribution < -0.4 is 14.8 Å². The first-order valence-corrected chi connectivity index (χ1v) is 9.35. The molecule has 0 aliphatic carbocycles. The number of benzene rings is 1. The molecular formula is C19H22N4O5. The maximum atomic E-state index is 12.6.